The lowest BCUT2D eigenvalue weighted by molar-refractivity contribution is 0.467. The van der Waals surface area contributed by atoms with Gasteiger partial charge in [-0.3, -0.25) is 9.98 Å². The molecular formula is C14H12N6O6S2. The first kappa shape index (κ1) is 20.9. The van der Waals surface area contributed by atoms with Crippen molar-refractivity contribution in [1.82, 2.24) is 0 Å². The lowest BCUT2D eigenvalue weighted by atomic mass is 10.3. The van der Waals surface area contributed by atoms with E-state index in [0.29, 0.717) is 5.69 Å². The monoisotopic (exact) mass is 424 g/mol. The lowest BCUT2D eigenvalue weighted by Gasteiger charge is -2.02. The van der Waals surface area contributed by atoms with Gasteiger partial charge in [0, 0.05) is 6.07 Å². The Morgan fingerprint density at radius 1 is 1.07 bits per heavy atom. The molecule has 0 unspecified atom stereocenters. The van der Waals surface area contributed by atoms with Crippen molar-refractivity contribution in [2.45, 2.75) is 9.79 Å². The summed E-state index contributed by atoms with van der Waals surface area (Å²) in [5, 5.41) is 34.4. The molecule has 0 aliphatic carbocycles. The van der Waals surface area contributed by atoms with E-state index in [4.69, 9.17) is 15.0 Å². The second-order valence-electron chi connectivity index (χ2n) is 5.05. The number of hydrogen-bond donors (Lipinski definition) is 4. The van der Waals surface area contributed by atoms with Gasteiger partial charge in [0.2, 0.25) is 10.0 Å². The molecule has 146 valence electrons. The molecule has 0 heterocycles. The predicted octanol–water partition coefficient (Wildman–Crippen LogP) is 1.32. The fraction of sp³-hybridized carbons (Fsp3) is 0. The quantitative estimate of drug-likeness (QED) is 0.180. The molecule has 0 aliphatic heterocycles. The predicted molar refractivity (Wildman–Crippen MR) is 96.9 cm³/mol. The molecule has 14 heteroatoms. The number of nitrogens with one attached hydrogen (secondary N) is 1. The van der Waals surface area contributed by atoms with Gasteiger partial charge >= 0.3 is 0 Å². The third kappa shape index (κ3) is 5.56. The number of nitrogens with zero attached hydrogens (tertiary/aromatic N) is 4. The van der Waals surface area contributed by atoms with E-state index in [1.54, 1.807) is 6.07 Å². The van der Waals surface area contributed by atoms with Gasteiger partial charge in [-0.15, -0.1) is 15.3 Å². The number of primary sulfonamides is 1. The summed E-state index contributed by atoms with van der Waals surface area (Å²) in [5.41, 5.74) is 2.61. The smallest absolute Gasteiger partial charge is 0.294 e. The number of nitriles is 1. The standard InChI is InChI=1S/C14H12N6O6S2/c15-8-14(19-17-9-1-3-10(4-2-9)27(16,22)23)20-18-12-6-5-11(7-13(12)21)28(24,25)26/h1-7,17,21H,(H2,16,22,23)(H,24,25,26)/b19-14+,20-18?. The molecule has 2 aromatic carbocycles. The summed E-state index contributed by atoms with van der Waals surface area (Å²) in [6, 6.07) is 9.62. The first-order valence-electron chi connectivity index (χ1n) is 7.09. The van der Waals surface area contributed by atoms with Gasteiger partial charge in [-0.2, -0.15) is 13.7 Å². The van der Waals surface area contributed by atoms with Crippen LogP contribution in [0.1, 0.15) is 0 Å². The second kappa shape index (κ2) is 8.10. The van der Waals surface area contributed by atoms with Gasteiger partial charge in [-0.25, -0.2) is 13.6 Å². The van der Waals surface area contributed by atoms with Crippen LogP contribution in [0, 0.1) is 11.3 Å². The maximum atomic E-state index is 11.2. The molecule has 2 aromatic rings. The van der Waals surface area contributed by atoms with E-state index in [1.165, 1.54) is 24.3 Å². The number of azo groups is 1. The number of phenolic OH excluding ortho intramolecular Hbond substituents is 1. The normalized spacial score (nSPS) is 12.7. The molecule has 0 fully saturated rings. The fourth-order valence-electron chi connectivity index (χ4n) is 1.76. The Morgan fingerprint density at radius 2 is 1.68 bits per heavy atom. The highest BCUT2D eigenvalue weighted by molar-refractivity contribution is 7.89. The van der Waals surface area contributed by atoms with Gasteiger partial charge in [-0.1, -0.05) is 0 Å². The number of rotatable bonds is 5. The number of sulfonamides is 1. The van der Waals surface area contributed by atoms with Crippen molar-refractivity contribution in [1.29, 1.82) is 5.26 Å². The number of benzene rings is 2. The van der Waals surface area contributed by atoms with Crippen molar-refractivity contribution in [2.75, 3.05) is 5.43 Å². The number of nitrogens with two attached hydrogens (primary N) is 1. The molecule has 0 saturated heterocycles. The summed E-state index contributed by atoms with van der Waals surface area (Å²) in [5.74, 6) is -1.04. The zero-order chi connectivity index (χ0) is 20.9. The summed E-state index contributed by atoms with van der Waals surface area (Å²) >= 11 is 0. The number of hydrogen-bond acceptors (Lipinski definition) is 9. The number of hydrazone groups is 1. The SMILES string of the molecule is N#C/C(N=Nc1ccc(S(=O)(=O)O)cc1O)=N\Nc1ccc(S(N)(=O)=O)cc1. The summed E-state index contributed by atoms with van der Waals surface area (Å²) in [6.07, 6.45) is 0. The molecule has 0 bridgehead atoms. The van der Waals surface area contributed by atoms with Crippen LogP contribution >= 0.6 is 0 Å². The van der Waals surface area contributed by atoms with Crippen molar-refractivity contribution >= 4 is 37.4 Å². The molecular weight excluding hydrogens is 412 g/mol. The largest absolute Gasteiger partial charge is 0.506 e. The Balaban J connectivity index is 2.17. The molecule has 0 spiro atoms. The van der Waals surface area contributed by atoms with Crippen LogP contribution in [0.4, 0.5) is 11.4 Å². The van der Waals surface area contributed by atoms with E-state index in [0.717, 1.165) is 18.2 Å². The van der Waals surface area contributed by atoms with Crippen LogP contribution in [0.15, 0.2) is 67.6 Å². The molecule has 2 rings (SSSR count). The van der Waals surface area contributed by atoms with Gasteiger partial charge in [-0.05, 0) is 36.4 Å². The van der Waals surface area contributed by atoms with Crippen LogP contribution < -0.4 is 10.6 Å². The third-order valence-corrected chi connectivity index (χ3v) is 4.85. The number of phenols is 1. The number of aromatic hydroxyl groups is 1. The second-order valence-corrected chi connectivity index (χ2v) is 8.04. The van der Waals surface area contributed by atoms with E-state index in [-0.39, 0.29) is 10.6 Å². The van der Waals surface area contributed by atoms with Crippen molar-refractivity contribution in [3.63, 3.8) is 0 Å². The fourth-order valence-corrected chi connectivity index (χ4v) is 2.77. The zero-order valence-electron chi connectivity index (χ0n) is 13.8. The average molecular weight is 424 g/mol. The van der Waals surface area contributed by atoms with E-state index in [2.05, 4.69) is 20.8 Å². The Morgan fingerprint density at radius 3 is 2.18 bits per heavy atom. The van der Waals surface area contributed by atoms with Crippen LogP contribution in [0.25, 0.3) is 0 Å². The molecule has 0 amide bonds. The molecule has 0 atom stereocenters. The third-order valence-electron chi connectivity index (χ3n) is 3.07. The first-order valence-corrected chi connectivity index (χ1v) is 10.1. The summed E-state index contributed by atoms with van der Waals surface area (Å²) in [4.78, 5) is -0.645. The molecule has 5 N–H and O–H groups in total. The molecule has 0 aromatic heterocycles. The van der Waals surface area contributed by atoms with Crippen molar-refractivity contribution in [2.24, 2.45) is 20.5 Å². The molecule has 12 nitrogen and oxygen atoms in total. The van der Waals surface area contributed by atoms with Gasteiger partial charge in [0.05, 0.1) is 15.5 Å². The van der Waals surface area contributed by atoms with Crippen LogP contribution in [-0.4, -0.2) is 32.3 Å². The molecule has 0 aliphatic rings. The number of anilines is 1. The van der Waals surface area contributed by atoms with Gasteiger partial charge in [0.1, 0.15) is 17.5 Å². The van der Waals surface area contributed by atoms with Crippen molar-refractivity contribution in [3.05, 3.63) is 42.5 Å². The van der Waals surface area contributed by atoms with E-state index in [1.807, 2.05) is 0 Å². The van der Waals surface area contributed by atoms with Crippen LogP contribution in [0.2, 0.25) is 0 Å². The summed E-state index contributed by atoms with van der Waals surface area (Å²) in [7, 11) is -8.33. The topological polar surface area (TPSA) is 208 Å². The van der Waals surface area contributed by atoms with Gasteiger partial charge in [0.25, 0.3) is 16.0 Å². The lowest BCUT2D eigenvalue weighted by Crippen LogP contribution is -2.11. The number of amidine groups is 1. The van der Waals surface area contributed by atoms with Crippen LogP contribution in [0.3, 0.4) is 0 Å². The van der Waals surface area contributed by atoms with Crippen molar-refractivity contribution < 1.29 is 26.5 Å². The molecule has 0 radical (unpaired) electrons. The van der Waals surface area contributed by atoms with Gasteiger partial charge < -0.3 is 5.11 Å². The Kier molecular flexibility index (Phi) is 6.06. The highest BCUT2D eigenvalue weighted by atomic mass is 32.2. The first-order chi connectivity index (χ1) is 13.0. The van der Waals surface area contributed by atoms with E-state index < -0.39 is 36.6 Å². The minimum atomic E-state index is -4.49. The maximum absolute atomic E-state index is 11.2. The Hall–Kier alpha value is -3.38. The van der Waals surface area contributed by atoms with Crippen LogP contribution in [0.5, 0.6) is 5.75 Å². The Bertz CT molecular complexity index is 1200. The minimum Gasteiger partial charge on any atom is -0.506 e. The minimum absolute atomic E-state index is 0.106. The Labute approximate surface area is 159 Å². The van der Waals surface area contributed by atoms with Crippen molar-refractivity contribution in [3.8, 4) is 11.8 Å². The highest BCUT2D eigenvalue weighted by Gasteiger charge is 2.12. The van der Waals surface area contributed by atoms with Gasteiger partial charge in [0.15, 0.2) is 0 Å². The molecule has 0 saturated carbocycles. The van der Waals surface area contributed by atoms with Crippen LogP contribution in [-0.2, 0) is 20.1 Å². The van der Waals surface area contributed by atoms with E-state index >= 15 is 0 Å². The average Bonchev–Trinajstić information content (AvgIpc) is 2.61. The zero-order valence-corrected chi connectivity index (χ0v) is 15.4. The summed E-state index contributed by atoms with van der Waals surface area (Å²) in [6.45, 7) is 0. The highest BCUT2D eigenvalue weighted by Crippen LogP contribution is 2.29. The molecule has 28 heavy (non-hydrogen) atoms. The summed E-state index contributed by atoms with van der Waals surface area (Å²) < 4.78 is 53.2. The van der Waals surface area contributed by atoms with E-state index in [9.17, 15) is 21.9 Å². The maximum Gasteiger partial charge on any atom is 0.294 e.